The van der Waals surface area contributed by atoms with Gasteiger partial charge in [0.25, 0.3) is 0 Å². The van der Waals surface area contributed by atoms with Crippen molar-refractivity contribution in [1.29, 1.82) is 0 Å². The Balaban J connectivity index is 3.54. The number of Topliss-reactive ketones (excluding diaryl/α,β-unsaturated/α-hetero) is 1. The summed E-state index contributed by atoms with van der Waals surface area (Å²) >= 11 is 0. The lowest BCUT2D eigenvalue weighted by Gasteiger charge is -2.12. The molecule has 0 heterocycles. The fourth-order valence-corrected chi connectivity index (χ4v) is 1.20. The van der Waals surface area contributed by atoms with E-state index in [-0.39, 0.29) is 23.1 Å². The van der Waals surface area contributed by atoms with Gasteiger partial charge in [-0.1, -0.05) is 0 Å². The highest BCUT2D eigenvalue weighted by molar-refractivity contribution is 5.95. The first-order valence-electron chi connectivity index (χ1n) is 4.87. The lowest BCUT2D eigenvalue weighted by molar-refractivity contribution is 0.101. The summed E-state index contributed by atoms with van der Waals surface area (Å²) < 4.78 is 23.0. The molecule has 0 spiro atoms. The van der Waals surface area contributed by atoms with E-state index in [2.05, 4.69) is 0 Å². The van der Waals surface area contributed by atoms with Crippen LogP contribution in [0.2, 0.25) is 0 Å². The molecule has 4 heteroatoms. The Kier molecular flexibility index (Phi) is 3.07. The number of carbonyl (C=O) groups is 1. The fraction of sp³-hybridized carbons (Fsp3) is 0.364. The van der Waals surface area contributed by atoms with E-state index < -0.39 is 0 Å². The first-order chi connectivity index (χ1) is 7.56. The molecule has 1 aromatic carbocycles. The monoisotopic (exact) mass is 211 g/mol. The van der Waals surface area contributed by atoms with Crippen LogP contribution in [0.3, 0.4) is 0 Å². The molecule has 0 bridgehead atoms. The average Bonchev–Trinajstić information content (AvgIpc) is 2.27. The quantitative estimate of drug-likeness (QED) is 0.714. The van der Waals surface area contributed by atoms with Gasteiger partial charge in [0.05, 0.1) is 22.7 Å². The highest BCUT2D eigenvalue weighted by atomic mass is 16.5. The maximum absolute atomic E-state index is 11.3. The Bertz CT molecular complexity index is 415. The van der Waals surface area contributed by atoms with E-state index in [9.17, 15) is 4.79 Å². The highest BCUT2D eigenvalue weighted by Gasteiger charge is 2.14. The summed E-state index contributed by atoms with van der Waals surface area (Å²) in [7, 11) is 4.33. The number of carbonyl (C=O) groups excluding carboxylic acids is 1. The minimum Gasteiger partial charge on any atom is -0.493 e. The van der Waals surface area contributed by atoms with Gasteiger partial charge in [-0.05, 0) is 19.0 Å². The average molecular weight is 211 g/mol. The molecule has 0 radical (unpaired) electrons. The van der Waals surface area contributed by atoms with Crippen LogP contribution in [0.1, 0.15) is 18.7 Å². The second kappa shape index (κ2) is 4.68. The summed E-state index contributed by atoms with van der Waals surface area (Å²) in [5, 5.41) is 0. The minimum atomic E-state index is -0.218. The molecule has 0 N–H and O–H groups in total. The lowest BCUT2D eigenvalue weighted by Crippen LogP contribution is -1.99. The number of methoxy groups -OCH3 is 3. The molecule has 0 amide bonds. The van der Waals surface area contributed by atoms with Crippen molar-refractivity contribution in [3.8, 4) is 17.2 Å². The number of hydrogen-bond acceptors (Lipinski definition) is 4. The zero-order chi connectivity index (χ0) is 12.3. The van der Waals surface area contributed by atoms with E-state index in [1.807, 2.05) is 0 Å². The van der Waals surface area contributed by atoms with E-state index >= 15 is 0 Å². The molecule has 4 nitrogen and oxygen atoms in total. The summed E-state index contributed by atoms with van der Waals surface area (Å²) in [6, 6.07) is 1.49. The van der Waals surface area contributed by atoms with Gasteiger partial charge in [0.2, 0.25) is 5.75 Å². The third-order valence-corrected chi connectivity index (χ3v) is 1.96. The van der Waals surface area contributed by atoms with Crippen molar-refractivity contribution in [3.05, 3.63) is 17.7 Å². The van der Waals surface area contributed by atoms with Crippen LogP contribution in [0, 0.1) is 0 Å². The van der Waals surface area contributed by atoms with Crippen LogP contribution in [0.25, 0.3) is 0 Å². The Morgan fingerprint density at radius 1 is 1.20 bits per heavy atom. The molecule has 0 saturated heterocycles. The number of hydrogen-bond donors (Lipinski definition) is 0. The first kappa shape index (κ1) is 9.83. The molecule has 0 aromatic heterocycles. The van der Waals surface area contributed by atoms with Crippen LogP contribution in [-0.4, -0.2) is 27.1 Å². The molecule has 0 aliphatic rings. The molecule has 82 valence electrons. The van der Waals surface area contributed by atoms with Crippen LogP contribution in [0.4, 0.5) is 0 Å². The molecular formula is C11H14O4. The van der Waals surface area contributed by atoms with E-state index in [0.717, 1.165) is 0 Å². The summed E-state index contributed by atoms with van der Waals surface area (Å²) in [6.45, 7) is 1.39. The second-order valence-corrected chi connectivity index (χ2v) is 2.87. The molecule has 0 saturated carbocycles. The summed E-state index contributed by atoms with van der Waals surface area (Å²) in [5.41, 5.74) is 0.245. The van der Waals surface area contributed by atoms with Gasteiger partial charge in [0, 0.05) is 5.56 Å². The third kappa shape index (κ3) is 2.21. The number of ketones is 1. The third-order valence-electron chi connectivity index (χ3n) is 1.96. The lowest BCUT2D eigenvalue weighted by atomic mass is 10.1. The zero-order valence-corrected chi connectivity index (χ0v) is 9.21. The van der Waals surface area contributed by atoms with Crippen molar-refractivity contribution in [1.82, 2.24) is 0 Å². The van der Waals surface area contributed by atoms with Gasteiger partial charge in [-0.25, -0.2) is 0 Å². The Morgan fingerprint density at radius 2 is 1.80 bits per heavy atom. The van der Waals surface area contributed by atoms with E-state index in [0.29, 0.717) is 11.5 Å². The molecule has 0 fully saturated rings. The summed E-state index contributed by atoms with van der Waals surface area (Å²) in [5.74, 6) is 0.678. The maximum Gasteiger partial charge on any atom is 0.203 e. The predicted octanol–water partition coefficient (Wildman–Crippen LogP) is 1.91. The van der Waals surface area contributed by atoms with Crippen molar-refractivity contribution in [2.45, 2.75) is 6.92 Å². The van der Waals surface area contributed by atoms with Crippen LogP contribution in [-0.2, 0) is 0 Å². The molecule has 0 aliphatic carbocycles. The summed E-state index contributed by atoms with van der Waals surface area (Å²) in [4.78, 5) is 11.3. The molecule has 0 unspecified atom stereocenters. The van der Waals surface area contributed by atoms with Gasteiger partial charge in [0.1, 0.15) is 0 Å². The number of rotatable bonds is 4. The topological polar surface area (TPSA) is 44.8 Å². The zero-order valence-electron chi connectivity index (χ0n) is 10.2. The standard InChI is InChI=1S/C11H14O4/c1-7(12)8-5-9(13-2)11(15-4)10(6-8)14-3/h5-6H,1-4H3/i5D. The Labute approximate surface area is 90.2 Å². The molecule has 0 atom stereocenters. The number of ether oxygens (including phenoxy) is 3. The minimum absolute atomic E-state index is 0.00708. The normalized spacial score (nSPS) is 10.5. The van der Waals surface area contributed by atoms with Crippen LogP contribution in [0.15, 0.2) is 12.1 Å². The first-order valence-corrected chi connectivity index (χ1v) is 4.37. The van der Waals surface area contributed by atoms with Gasteiger partial charge in [-0.3, -0.25) is 4.79 Å². The SMILES string of the molecule is [2H]c1c(C(C)=O)cc(OC)c(OC)c1OC. The molecule has 15 heavy (non-hydrogen) atoms. The van der Waals surface area contributed by atoms with Crippen LogP contribution < -0.4 is 14.2 Å². The smallest absolute Gasteiger partial charge is 0.203 e. The Hall–Kier alpha value is -1.71. The van der Waals surface area contributed by atoms with Crippen molar-refractivity contribution < 1.29 is 20.4 Å². The van der Waals surface area contributed by atoms with Gasteiger partial charge in [0.15, 0.2) is 17.3 Å². The van der Waals surface area contributed by atoms with Gasteiger partial charge < -0.3 is 14.2 Å². The fourth-order valence-electron chi connectivity index (χ4n) is 1.20. The van der Waals surface area contributed by atoms with Crippen molar-refractivity contribution in [3.63, 3.8) is 0 Å². The molecule has 1 rings (SSSR count). The molecule has 1 aromatic rings. The van der Waals surface area contributed by atoms with E-state index in [1.165, 1.54) is 34.3 Å². The van der Waals surface area contributed by atoms with Gasteiger partial charge in [-0.15, -0.1) is 0 Å². The predicted molar refractivity (Wildman–Crippen MR) is 56.1 cm³/mol. The van der Waals surface area contributed by atoms with Crippen LogP contribution in [0.5, 0.6) is 17.2 Å². The summed E-state index contributed by atoms with van der Waals surface area (Å²) in [6.07, 6.45) is 0. The van der Waals surface area contributed by atoms with Crippen molar-refractivity contribution in [2.75, 3.05) is 21.3 Å². The number of benzene rings is 1. The Morgan fingerprint density at radius 3 is 2.20 bits per heavy atom. The maximum atomic E-state index is 11.3. The highest BCUT2D eigenvalue weighted by Crippen LogP contribution is 2.38. The van der Waals surface area contributed by atoms with Gasteiger partial charge in [-0.2, -0.15) is 0 Å². The van der Waals surface area contributed by atoms with Crippen molar-refractivity contribution >= 4 is 5.78 Å². The van der Waals surface area contributed by atoms with Crippen molar-refractivity contribution in [2.24, 2.45) is 0 Å². The van der Waals surface area contributed by atoms with Gasteiger partial charge >= 0.3 is 0 Å². The van der Waals surface area contributed by atoms with E-state index in [4.69, 9.17) is 15.6 Å². The largest absolute Gasteiger partial charge is 0.493 e. The van der Waals surface area contributed by atoms with E-state index in [1.54, 1.807) is 0 Å². The van der Waals surface area contributed by atoms with Crippen LogP contribution >= 0.6 is 0 Å². The molecular weight excluding hydrogens is 196 g/mol. The molecule has 0 aliphatic heterocycles. The second-order valence-electron chi connectivity index (χ2n) is 2.87.